The zero-order chi connectivity index (χ0) is 24.8. The van der Waals surface area contributed by atoms with Crippen molar-refractivity contribution in [3.05, 3.63) is 83.7 Å². The first kappa shape index (κ1) is 24.2. The van der Waals surface area contributed by atoms with Gasteiger partial charge in [-0.3, -0.25) is 9.59 Å². The highest BCUT2D eigenvalue weighted by atomic mass is 19.4. The predicted octanol–water partition coefficient (Wildman–Crippen LogP) is 3.57. The first-order valence-electron chi connectivity index (χ1n) is 11.1. The summed E-state index contributed by atoms with van der Waals surface area (Å²) in [5.41, 5.74) is 0.805. The van der Waals surface area contributed by atoms with Crippen molar-refractivity contribution in [2.45, 2.75) is 19.0 Å². The third-order valence-corrected chi connectivity index (χ3v) is 5.68. The summed E-state index contributed by atoms with van der Waals surface area (Å²) in [6, 6.07) is 13.3. The Morgan fingerprint density at radius 2 is 1.54 bits per heavy atom. The highest BCUT2D eigenvalue weighted by molar-refractivity contribution is 5.92. The SMILES string of the molecule is O=C(Cc1cccc(C(F)(F)F)c1)Nc1ccc(CC(=O)N2CCN(c3ncccn3)CC2)cc1. The second-order valence-electron chi connectivity index (χ2n) is 8.21. The van der Waals surface area contributed by atoms with Crippen molar-refractivity contribution < 1.29 is 22.8 Å². The number of anilines is 2. The van der Waals surface area contributed by atoms with Crippen LogP contribution in [0.25, 0.3) is 0 Å². The number of alkyl halides is 3. The lowest BCUT2D eigenvalue weighted by Crippen LogP contribution is -2.49. The van der Waals surface area contributed by atoms with E-state index in [0.717, 1.165) is 17.7 Å². The van der Waals surface area contributed by atoms with Crippen molar-refractivity contribution in [2.75, 3.05) is 36.4 Å². The van der Waals surface area contributed by atoms with Crippen molar-refractivity contribution in [3.63, 3.8) is 0 Å². The lowest BCUT2D eigenvalue weighted by atomic mass is 10.1. The third-order valence-electron chi connectivity index (χ3n) is 5.68. The molecule has 2 aromatic carbocycles. The van der Waals surface area contributed by atoms with Gasteiger partial charge in [-0.25, -0.2) is 9.97 Å². The number of hydrogen-bond acceptors (Lipinski definition) is 5. The number of hydrogen-bond donors (Lipinski definition) is 1. The zero-order valence-corrected chi connectivity index (χ0v) is 18.8. The number of nitrogens with one attached hydrogen (secondary N) is 1. The maximum absolute atomic E-state index is 12.9. The van der Waals surface area contributed by atoms with E-state index in [-0.39, 0.29) is 24.3 Å². The van der Waals surface area contributed by atoms with Gasteiger partial charge in [-0.05, 0) is 35.4 Å². The average Bonchev–Trinajstić information content (AvgIpc) is 2.85. The smallest absolute Gasteiger partial charge is 0.339 e. The molecule has 2 amide bonds. The number of rotatable bonds is 6. The van der Waals surface area contributed by atoms with Gasteiger partial charge in [0.05, 0.1) is 18.4 Å². The van der Waals surface area contributed by atoms with Crippen LogP contribution in [0, 0.1) is 0 Å². The Morgan fingerprint density at radius 3 is 2.20 bits per heavy atom. The van der Waals surface area contributed by atoms with Crippen LogP contribution in [0.5, 0.6) is 0 Å². The summed E-state index contributed by atoms with van der Waals surface area (Å²) in [6.07, 6.45) is -1.01. The molecule has 0 radical (unpaired) electrons. The second-order valence-corrected chi connectivity index (χ2v) is 8.21. The lowest BCUT2D eigenvalue weighted by Gasteiger charge is -2.34. The van der Waals surface area contributed by atoms with E-state index >= 15 is 0 Å². The topological polar surface area (TPSA) is 78.4 Å². The number of benzene rings is 2. The minimum Gasteiger partial charge on any atom is -0.339 e. The zero-order valence-electron chi connectivity index (χ0n) is 18.8. The Balaban J connectivity index is 1.26. The fourth-order valence-electron chi connectivity index (χ4n) is 3.85. The number of carbonyl (C=O) groups is 2. The van der Waals surface area contributed by atoms with Gasteiger partial charge in [-0.2, -0.15) is 13.2 Å². The quantitative estimate of drug-likeness (QED) is 0.580. The highest BCUT2D eigenvalue weighted by Gasteiger charge is 2.30. The Kier molecular flexibility index (Phi) is 7.28. The van der Waals surface area contributed by atoms with E-state index in [9.17, 15) is 22.8 Å². The number of piperazine rings is 1. The van der Waals surface area contributed by atoms with Crippen molar-refractivity contribution >= 4 is 23.5 Å². The molecule has 0 aliphatic carbocycles. The molecule has 3 aromatic rings. The monoisotopic (exact) mass is 483 g/mol. The van der Waals surface area contributed by atoms with Crippen molar-refractivity contribution in [3.8, 4) is 0 Å². The molecular formula is C25H24F3N5O2. The molecule has 1 saturated heterocycles. The Bertz CT molecular complexity index is 1160. The summed E-state index contributed by atoms with van der Waals surface area (Å²) in [6.45, 7) is 2.49. The number of amides is 2. The average molecular weight is 483 g/mol. The molecule has 1 aromatic heterocycles. The molecule has 1 aliphatic heterocycles. The largest absolute Gasteiger partial charge is 0.416 e. The maximum atomic E-state index is 12.9. The van der Waals surface area contributed by atoms with Crippen molar-refractivity contribution in [1.29, 1.82) is 0 Å². The summed E-state index contributed by atoms with van der Waals surface area (Å²) in [4.78, 5) is 37.3. The molecule has 1 aliphatic rings. The van der Waals surface area contributed by atoms with E-state index in [4.69, 9.17) is 0 Å². The van der Waals surface area contributed by atoms with Gasteiger partial charge in [-0.1, -0.05) is 30.3 Å². The van der Waals surface area contributed by atoms with E-state index < -0.39 is 17.6 Å². The minimum absolute atomic E-state index is 0.0139. The molecule has 182 valence electrons. The molecule has 0 spiro atoms. The molecule has 10 heteroatoms. The fourth-order valence-corrected chi connectivity index (χ4v) is 3.85. The highest BCUT2D eigenvalue weighted by Crippen LogP contribution is 2.29. The van der Waals surface area contributed by atoms with Gasteiger partial charge in [0.15, 0.2) is 0 Å². The maximum Gasteiger partial charge on any atom is 0.416 e. The first-order valence-corrected chi connectivity index (χ1v) is 11.1. The van der Waals surface area contributed by atoms with Crippen LogP contribution in [0.3, 0.4) is 0 Å². The molecule has 1 fully saturated rings. The summed E-state index contributed by atoms with van der Waals surface area (Å²) < 4.78 is 38.6. The van der Waals surface area contributed by atoms with Gasteiger partial charge in [0.2, 0.25) is 17.8 Å². The van der Waals surface area contributed by atoms with Gasteiger partial charge < -0.3 is 15.1 Å². The molecule has 0 unspecified atom stereocenters. The molecule has 2 heterocycles. The van der Waals surface area contributed by atoms with Crippen LogP contribution in [0.4, 0.5) is 24.8 Å². The van der Waals surface area contributed by atoms with E-state index in [2.05, 4.69) is 15.3 Å². The summed E-state index contributed by atoms with van der Waals surface area (Å²) >= 11 is 0. The van der Waals surface area contributed by atoms with Gasteiger partial charge in [-0.15, -0.1) is 0 Å². The molecule has 35 heavy (non-hydrogen) atoms. The van der Waals surface area contributed by atoms with Crippen molar-refractivity contribution in [1.82, 2.24) is 14.9 Å². The molecule has 1 N–H and O–H groups in total. The summed E-state index contributed by atoms with van der Waals surface area (Å²) in [7, 11) is 0. The normalized spacial score (nSPS) is 14.0. The number of aromatic nitrogens is 2. The van der Waals surface area contributed by atoms with Crippen LogP contribution in [-0.2, 0) is 28.6 Å². The van der Waals surface area contributed by atoms with Crippen LogP contribution >= 0.6 is 0 Å². The van der Waals surface area contributed by atoms with Crippen molar-refractivity contribution in [2.24, 2.45) is 0 Å². The standard InChI is InChI=1S/C25H24F3N5O2/c26-25(27,28)20-4-1-3-19(15-20)16-22(34)31-21-7-5-18(6-8-21)17-23(35)32-11-13-33(14-12-32)24-29-9-2-10-30-24/h1-10,15H,11-14,16-17H2,(H,31,34). The Labute approximate surface area is 200 Å². The minimum atomic E-state index is -4.45. The van der Waals surface area contributed by atoms with E-state index in [0.29, 0.717) is 37.8 Å². The number of nitrogens with zero attached hydrogens (tertiary/aromatic N) is 4. The van der Waals surface area contributed by atoms with Gasteiger partial charge in [0.1, 0.15) is 0 Å². The summed E-state index contributed by atoms with van der Waals surface area (Å²) in [5.74, 6) is 0.249. The van der Waals surface area contributed by atoms with Crippen LogP contribution in [0.15, 0.2) is 67.0 Å². The summed E-state index contributed by atoms with van der Waals surface area (Å²) in [5, 5.41) is 2.68. The van der Waals surface area contributed by atoms with Crippen LogP contribution in [0.1, 0.15) is 16.7 Å². The fraction of sp³-hybridized carbons (Fsp3) is 0.280. The van der Waals surface area contributed by atoms with Gasteiger partial charge >= 0.3 is 6.18 Å². The van der Waals surface area contributed by atoms with Crippen LogP contribution in [-0.4, -0.2) is 52.9 Å². The molecule has 0 saturated carbocycles. The van der Waals surface area contributed by atoms with E-state index in [1.54, 1.807) is 42.7 Å². The molecule has 0 atom stereocenters. The third kappa shape index (κ3) is 6.56. The van der Waals surface area contributed by atoms with Gasteiger partial charge in [0.25, 0.3) is 0 Å². The number of halogens is 3. The molecule has 0 bridgehead atoms. The molecular weight excluding hydrogens is 459 g/mol. The van der Waals surface area contributed by atoms with E-state index in [1.807, 2.05) is 9.80 Å². The number of carbonyl (C=O) groups excluding carboxylic acids is 2. The van der Waals surface area contributed by atoms with Crippen LogP contribution in [0.2, 0.25) is 0 Å². The van der Waals surface area contributed by atoms with E-state index in [1.165, 1.54) is 12.1 Å². The first-order chi connectivity index (χ1) is 16.8. The lowest BCUT2D eigenvalue weighted by molar-refractivity contribution is -0.137. The van der Waals surface area contributed by atoms with Crippen LogP contribution < -0.4 is 10.2 Å². The Morgan fingerprint density at radius 1 is 0.857 bits per heavy atom. The second kappa shape index (κ2) is 10.5. The molecule has 4 rings (SSSR count). The van der Waals surface area contributed by atoms with Gasteiger partial charge in [0, 0.05) is 44.3 Å². The molecule has 7 nitrogen and oxygen atoms in total. The predicted molar refractivity (Wildman–Crippen MR) is 125 cm³/mol. The Hall–Kier alpha value is -3.95.